The normalized spacial score (nSPS) is 11.4. The number of hydrogen-bond acceptors (Lipinski definition) is 5. The highest BCUT2D eigenvalue weighted by atomic mass is 32.2. The topological polar surface area (TPSA) is 72.9 Å². The Morgan fingerprint density at radius 3 is 1.43 bits per heavy atom. The molecule has 0 unspecified atom stereocenters. The molecule has 0 aliphatic heterocycles. The zero-order chi connectivity index (χ0) is 21.9. The van der Waals surface area contributed by atoms with Crippen molar-refractivity contribution in [2.45, 2.75) is 10.9 Å². The van der Waals surface area contributed by atoms with E-state index in [1.54, 1.807) is 12.1 Å². The Bertz CT molecular complexity index is 1020. The van der Waals surface area contributed by atoms with Crippen LogP contribution in [-0.2, 0) is 10.1 Å². The van der Waals surface area contributed by atoms with E-state index in [1.165, 1.54) is 12.1 Å². The molecule has 7 heteroatoms. The zero-order valence-corrected chi connectivity index (χ0v) is 18.4. The lowest BCUT2D eigenvalue weighted by Gasteiger charge is -2.23. The van der Waals surface area contributed by atoms with Crippen molar-refractivity contribution in [3.05, 3.63) is 83.9 Å². The summed E-state index contributed by atoms with van der Waals surface area (Å²) in [6.45, 7) is 0. The molecule has 0 saturated carbocycles. The highest BCUT2D eigenvalue weighted by Crippen LogP contribution is 2.30. The molecule has 0 fully saturated rings. The van der Waals surface area contributed by atoms with Crippen molar-refractivity contribution in [3.8, 4) is 0 Å². The number of hydrogen-bond donors (Lipinski definition) is 2. The number of rotatable bonds is 7. The van der Waals surface area contributed by atoms with Gasteiger partial charge in [-0.3, -0.25) is 4.55 Å². The molecule has 0 heterocycles. The second kappa shape index (κ2) is 8.77. The van der Waals surface area contributed by atoms with E-state index in [-0.39, 0.29) is 10.9 Å². The van der Waals surface area contributed by atoms with Gasteiger partial charge in [-0.15, -0.1) is 0 Å². The number of nitrogens with one attached hydrogen (secondary N) is 1. The van der Waals surface area contributed by atoms with Gasteiger partial charge in [-0.2, -0.15) is 8.42 Å². The molecule has 0 atom stereocenters. The summed E-state index contributed by atoms with van der Waals surface area (Å²) in [6, 6.07) is 22.6. The van der Waals surface area contributed by atoms with Crippen LogP contribution in [0.4, 0.5) is 17.1 Å². The van der Waals surface area contributed by atoms with Gasteiger partial charge in [0.25, 0.3) is 10.1 Å². The van der Waals surface area contributed by atoms with E-state index >= 15 is 0 Å². The lowest BCUT2D eigenvalue weighted by Crippen LogP contribution is -2.14. The molecule has 0 spiro atoms. The van der Waals surface area contributed by atoms with Crippen LogP contribution in [0.5, 0.6) is 0 Å². The maximum Gasteiger partial charge on any atom is 0.294 e. The Morgan fingerprint density at radius 2 is 1.10 bits per heavy atom. The Labute approximate surface area is 178 Å². The van der Waals surface area contributed by atoms with E-state index in [2.05, 4.69) is 53.8 Å². The van der Waals surface area contributed by atoms with Gasteiger partial charge in [0.1, 0.15) is 0 Å². The number of anilines is 3. The van der Waals surface area contributed by atoms with Crippen molar-refractivity contribution in [1.29, 1.82) is 0 Å². The fourth-order valence-corrected chi connectivity index (χ4v) is 3.66. The van der Waals surface area contributed by atoms with Crippen LogP contribution < -0.4 is 15.1 Å². The van der Waals surface area contributed by atoms with Crippen LogP contribution in [-0.4, -0.2) is 41.2 Å². The Balaban J connectivity index is 1.96. The van der Waals surface area contributed by atoms with Gasteiger partial charge in [-0.25, -0.2) is 0 Å². The van der Waals surface area contributed by atoms with Gasteiger partial charge in [0.05, 0.1) is 10.9 Å². The highest BCUT2D eigenvalue weighted by Gasteiger charge is 2.16. The molecule has 0 aromatic heterocycles. The summed E-state index contributed by atoms with van der Waals surface area (Å²) in [7, 11) is 3.79. The largest absolute Gasteiger partial charge is 0.378 e. The third kappa shape index (κ3) is 5.11. The summed E-state index contributed by atoms with van der Waals surface area (Å²) in [5, 5.41) is 3.48. The van der Waals surface area contributed by atoms with Crippen molar-refractivity contribution in [2.24, 2.45) is 0 Å². The molecular weight excluding hydrogens is 398 g/mol. The fraction of sp³-hybridized carbons (Fsp3) is 0.217. The second-order valence-electron chi connectivity index (χ2n) is 7.55. The molecule has 3 aromatic carbocycles. The van der Waals surface area contributed by atoms with E-state index in [0.717, 1.165) is 28.2 Å². The van der Waals surface area contributed by atoms with Crippen molar-refractivity contribution in [3.63, 3.8) is 0 Å². The van der Waals surface area contributed by atoms with Crippen molar-refractivity contribution in [1.82, 2.24) is 0 Å². The van der Waals surface area contributed by atoms with E-state index in [0.29, 0.717) is 0 Å². The standard InChI is InChI=1S/C23H27N3O3S/c1-25(2)20-11-5-17(6-12-20)23(18-7-13-21(14-8-18)26(3)4)24-19-9-15-22(16-10-19)30(27,28)29/h5-16,23-24H,1-4H3,(H,27,28,29). The van der Waals surface area contributed by atoms with Crippen LogP contribution in [0.25, 0.3) is 0 Å². The quantitative estimate of drug-likeness (QED) is 0.551. The van der Waals surface area contributed by atoms with E-state index in [1.807, 2.05) is 38.0 Å². The summed E-state index contributed by atoms with van der Waals surface area (Å²) in [5.41, 5.74) is 5.13. The van der Waals surface area contributed by atoms with E-state index in [9.17, 15) is 13.0 Å². The van der Waals surface area contributed by atoms with Crippen LogP contribution in [0, 0.1) is 0 Å². The lowest BCUT2D eigenvalue weighted by atomic mass is 9.97. The molecule has 2 N–H and O–H groups in total. The third-order valence-electron chi connectivity index (χ3n) is 4.95. The molecule has 0 amide bonds. The minimum absolute atomic E-state index is 0.129. The maximum absolute atomic E-state index is 11.3. The molecular formula is C23H27N3O3S. The van der Waals surface area contributed by atoms with Gasteiger partial charge in [0.2, 0.25) is 0 Å². The highest BCUT2D eigenvalue weighted by molar-refractivity contribution is 7.85. The van der Waals surface area contributed by atoms with Crippen molar-refractivity contribution in [2.75, 3.05) is 43.3 Å². The van der Waals surface area contributed by atoms with Gasteiger partial charge in [0.15, 0.2) is 0 Å². The van der Waals surface area contributed by atoms with Crippen molar-refractivity contribution >= 4 is 27.2 Å². The predicted octanol–water partition coefficient (Wildman–Crippen LogP) is 4.27. The van der Waals surface area contributed by atoms with Crippen LogP contribution in [0.15, 0.2) is 77.7 Å². The van der Waals surface area contributed by atoms with Gasteiger partial charge in [0, 0.05) is 45.3 Å². The smallest absolute Gasteiger partial charge is 0.294 e. The Kier molecular flexibility index (Phi) is 6.34. The molecule has 3 rings (SSSR count). The summed E-state index contributed by atoms with van der Waals surface area (Å²) < 4.78 is 31.8. The first-order valence-corrected chi connectivity index (χ1v) is 11.0. The zero-order valence-electron chi connectivity index (χ0n) is 17.6. The summed E-state index contributed by atoms with van der Waals surface area (Å²) in [4.78, 5) is 3.97. The lowest BCUT2D eigenvalue weighted by molar-refractivity contribution is 0.483. The number of nitrogens with zero attached hydrogens (tertiary/aromatic N) is 2. The Hall–Kier alpha value is -3.03. The third-order valence-corrected chi connectivity index (χ3v) is 5.82. The maximum atomic E-state index is 11.3. The van der Waals surface area contributed by atoms with Crippen LogP contribution in [0.2, 0.25) is 0 Å². The molecule has 0 aliphatic rings. The first kappa shape index (κ1) is 21.7. The average molecular weight is 426 g/mol. The number of benzene rings is 3. The summed E-state index contributed by atoms with van der Waals surface area (Å²) in [6.07, 6.45) is 0. The average Bonchev–Trinajstić information content (AvgIpc) is 2.72. The van der Waals surface area contributed by atoms with Gasteiger partial charge in [-0.05, 0) is 59.7 Å². The first-order valence-electron chi connectivity index (χ1n) is 9.54. The first-order chi connectivity index (χ1) is 14.1. The molecule has 0 saturated heterocycles. The molecule has 158 valence electrons. The molecule has 0 bridgehead atoms. The van der Waals surface area contributed by atoms with Crippen LogP contribution in [0.3, 0.4) is 0 Å². The minimum Gasteiger partial charge on any atom is -0.378 e. The summed E-state index contributed by atoms with van der Waals surface area (Å²) in [5.74, 6) is 0. The van der Waals surface area contributed by atoms with Crippen LogP contribution in [0.1, 0.15) is 17.2 Å². The summed E-state index contributed by atoms with van der Waals surface area (Å²) >= 11 is 0. The van der Waals surface area contributed by atoms with E-state index in [4.69, 9.17) is 0 Å². The predicted molar refractivity (Wildman–Crippen MR) is 123 cm³/mol. The SMILES string of the molecule is CN(C)c1ccc(C(Nc2ccc(S(=O)(=O)O)cc2)c2ccc(N(C)C)cc2)cc1. The van der Waals surface area contributed by atoms with E-state index < -0.39 is 10.1 Å². The molecule has 0 aliphatic carbocycles. The Morgan fingerprint density at radius 1 is 0.700 bits per heavy atom. The molecule has 0 radical (unpaired) electrons. The van der Waals surface area contributed by atoms with Crippen molar-refractivity contribution < 1.29 is 13.0 Å². The molecule has 6 nitrogen and oxygen atoms in total. The van der Waals surface area contributed by atoms with Gasteiger partial charge >= 0.3 is 0 Å². The van der Waals surface area contributed by atoms with Gasteiger partial charge < -0.3 is 15.1 Å². The second-order valence-corrected chi connectivity index (χ2v) is 8.97. The van der Waals surface area contributed by atoms with Gasteiger partial charge in [-0.1, -0.05) is 24.3 Å². The molecule has 30 heavy (non-hydrogen) atoms. The molecule has 3 aromatic rings. The van der Waals surface area contributed by atoms with Crippen LogP contribution >= 0.6 is 0 Å². The fourth-order valence-electron chi connectivity index (χ4n) is 3.18. The minimum atomic E-state index is -4.22. The monoisotopic (exact) mass is 425 g/mol.